The number of hydrogen-bond donors (Lipinski definition) is 1. The van der Waals surface area contributed by atoms with E-state index in [1.165, 1.54) is 9.75 Å². The molecule has 0 aliphatic rings. The Kier molecular flexibility index (Phi) is 5.46. The number of benzene rings is 1. The largest absolute Gasteiger partial charge is 0.487 e. The Morgan fingerprint density at radius 3 is 2.65 bits per heavy atom. The average Bonchev–Trinajstić information content (AvgIpc) is 2.83. The van der Waals surface area contributed by atoms with Gasteiger partial charge in [-0.25, -0.2) is 0 Å². The molecule has 0 aliphatic carbocycles. The van der Waals surface area contributed by atoms with Crippen molar-refractivity contribution in [1.82, 2.24) is 5.32 Å². The summed E-state index contributed by atoms with van der Waals surface area (Å²) in [6.45, 7) is 7.79. The summed E-state index contributed by atoms with van der Waals surface area (Å²) in [4.78, 5) is 2.54. The third-order valence-electron chi connectivity index (χ3n) is 2.86. The van der Waals surface area contributed by atoms with Gasteiger partial charge in [-0.05, 0) is 36.8 Å². The molecule has 2 rings (SSSR count). The Balaban J connectivity index is 1.90. The van der Waals surface area contributed by atoms with E-state index in [4.69, 9.17) is 16.3 Å². The second kappa shape index (κ2) is 7.11. The second-order valence-electron chi connectivity index (χ2n) is 5.13. The van der Waals surface area contributed by atoms with Crippen molar-refractivity contribution in [3.05, 3.63) is 50.7 Å². The molecule has 0 saturated heterocycles. The molecule has 1 aromatic heterocycles. The first-order chi connectivity index (χ1) is 9.54. The Morgan fingerprint density at radius 2 is 1.95 bits per heavy atom. The summed E-state index contributed by atoms with van der Waals surface area (Å²) >= 11 is 7.93. The number of aryl methyl sites for hydroxylation is 1. The van der Waals surface area contributed by atoms with Gasteiger partial charge in [-0.1, -0.05) is 31.5 Å². The van der Waals surface area contributed by atoms with Gasteiger partial charge in [-0.15, -0.1) is 11.3 Å². The zero-order valence-electron chi connectivity index (χ0n) is 12.1. The Bertz CT molecular complexity index is 565. The molecule has 0 aliphatic heterocycles. The molecule has 0 saturated carbocycles. The minimum Gasteiger partial charge on any atom is -0.487 e. The number of thiophene rings is 1. The molecule has 0 spiro atoms. The standard InChI is InChI=1S/C16H20ClNOS/c1-11(2)18-9-13-5-6-14(20-13)10-19-16-7-4-12(3)8-15(16)17/h4-8,11,18H,9-10H2,1-3H3. The summed E-state index contributed by atoms with van der Waals surface area (Å²) in [5.74, 6) is 0.743. The predicted octanol–water partition coefficient (Wildman–Crippen LogP) is 4.79. The highest BCUT2D eigenvalue weighted by atomic mass is 35.5. The average molecular weight is 310 g/mol. The minimum atomic E-state index is 0.503. The number of halogens is 1. The molecule has 0 fully saturated rings. The van der Waals surface area contributed by atoms with E-state index in [-0.39, 0.29) is 0 Å². The molecule has 0 radical (unpaired) electrons. The third kappa shape index (κ3) is 4.51. The monoisotopic (exact) mass is 309 g/mol. The maximum Gasteiger partial charge on any atom is 0.138 e. The highest BCUT2D eigenvalue weighted by molar-refractivity contribution is 7.11. The minimum absolute atomic E-state index is 0.503. The van der Waals surface area contributed by atoms with Gasteiger partial charge in [0, 0.05) is 22.3 Å². The van der Waals surface area contributed by atoms with Crippen molar-refractivity contribution in [2.75, 3.05) is 0 Å². The molecule has 1 aromatic carbocycles. The molecule has 0 unspecified atom stereocenters. The number of nitrogens with one attached hydrogen (secondary N) is 1. The first-order valence-corrected chi connectivity index (χ1v) is 7.94. The molecule has 2 aromatic rings. The molecule has 1 N–H and O–H groups in total. The lowest BCUT2D eigenvalue weighted by Crippen LogP contribution is -2.21. The molecular formula is C16H20ClNOS. The predicted molar refractivity (Wildman–Crippen MR) is 86.8 cm³/mol. The van der Waals surface area contributed by atoms with Crippen LogP contribution in [0.2, 0.25) is 5.02 Å². The zero-order valence-corrected chi connectivity index (χ0v) is 13.6. The van der Waals surface area contributed by atoms with Crippen molar-refractivity contribution in [3.8, 4) is 5.75 Å². The highest BCUT2D eigenvalue weighted by Gasteiger charge is 2.05. The van der Waals surface area contributed by atoms with Gasteiger partial charge < -0.3 is 10.1 Å². The maximum absolute atomic E-state index is 6.15. The second-order valence-corrected chi connectivity index (χ2v) is 6.79. The fourth-order valence-electron chi connectivity index (χ4n) is 1.77. The number of rotatable bonds is 6. The molecule has 1 heterocycles. The molecular weight excluding hydrogens is 290 g/mol. The quantitative estimate of drug-likeness (QED) is 0.828. The zero-order chi connectivity index (χ0) is 14.5. The van der Waals surface area contributed by atoms with Gasteiger partial charge in [-0.2, -0.15) is 0 Å². The van der Waals surface area contributed by atoms with Crippen LogP contribution in [-0.2, 0) is 13.2 Å². The van der Waals surface area contributed by atoms with E-state index in [0.717, 1.165) is 17.9 Å². The summed E-state index contributed by atoms with van der Waals surface area (Å²) in [6, 6.07) is 10.6. The van der Waals surface area contributed by atoms with Crippen LogP contribution in [0.15, 0.2) is 30.3 Å². The maximum atomic E-state index is 6.15. The van der Waals surface area contributed by atoms with Gasteiger partial charge in [0.25, 0.3) is 0 Å². The Morgan fingerprint density at radius 1 is 1.20 bits per heavy atom. The summed E-state index contributed by atoms with van der Waals surface area (Å²) in [5, 5.41) is 4.08. The van der Waals surface area contributed by atoms with Crippen LogP contribution in [0.4, 0.5) is 0 Å². The Labute approximate surface area is 129 Å². The van der Waals surface area contributed by atoms with Crippen molar-refractivity contribution < 1.29 is 4.74 Å². The van der Waals surface area contributed by atoms with Gasteiger partial charge in [0.1, 0.15) is 12.4 Å². The van der Waals surface area contributed by atoms with Crippen LogP contribution in [-0.4, -0.2) is 6.04 Å². The van der Waals surface area contributed by atoms with E-state index in [9.17, 15) is 0 Å². The Hall–Kier alpha value is -1.03. The summed E-state index contributed by atoms with van der Waals surface area (Å²) in [5.41, 5.74) is 1.14. The normalized spacial score (nSPS) is 11.1. The highest BCUT2D eigenvalue weighted by Crippen LogP contribution is 2.27. The van der Waals surface area contributed by atoms with Crippen LogP contribution in [0.1, 0.15) is 29.2 Å². The van der Waals surface area contributed by atoms with Crippen LogP contribution in [0.5, 0.6) is 5.75 Å². The fourth-order valence-corrected chi connectivity index (χ4v) is 2.94. The third-order valence-corrected chi connectivity index (χ3v) is 4.21. The lowest BCUT2D eigenvalue weighted by atomic mass is 10.2. The van der Waals surface area contributed by atoms with Crippen LogP contribution >= 0.6 is 22.9 Å². The number of hydrogen-bond acceptors (Lipinski definition) is 3. The van der Waals surface area contributed by atoms with E-state index in [0.29, 0.717) is 17.7 Å². The van der Waals surface area contributed by atoms with E-state index >= 15 is 0 Å². The number of ether oxygens (including phenoxy) is 1. The van der Waals surface area contributed by atoms with E-state index in [1.807, 2.05) is 25.1 Å². The molecule has 0 amide bonds. The van der Waals surface area contributed by atoms with Crippen LogP contribution in [0.3, 0.4) is 0 Å². The topological polar surface area (TPSA) is 21.3 Å². The van der Waals surface area contributed by atoms with Crippen LogP contribution in [0, 0.1) is 6.92 Å². The van der Waals surface area contributed by atoms with Gasteiger partial charge in [-0.3, -0.25) is 0 Å². The molecule has 4 heteroatoms. The summed E-state index contributed by atoms with van der Waals surface area (Å²) in [7, 11) is 0. The summed E-state index contributed by atoms with van der Waals surface area (Å²) < 4.78 is 5.77. The van der Waals surface area contributed by atoms with Gasteiger partial charge in [0.2, 0.25) is 0 Å². The molecule has 0 atom stereocenters. The lowest BCUT2D eigenvalue weighted by Gasteiger charge is -2.07. The molecule has 2 nitrogen and oxygen atoms in total. The summed E-state index contributed by atoms with van der Waals surface area (Å²) in [6.07, 6.45) is 0. The van der Waals surface area contributed by atoms with Crippen molar-refractivity contribution in [3.63, 3.8) is 0 Å². The molecule has 108 valence electrons. The smallest absolute Gasteiger partial charge is 0.138 e. The van der Waals surface area contributed by atoms with Crippen molar-refractivity contribution >= 4 is 22.9 Å². The van der Waals surface area contributed by atoms with Crippen LogP contribution in [0.25, 0.3) is 0 Å². The van der Waals surface area contributed by atoms with Crippen molar-refractivity contribution in [1.29, 1.82) is 0 Å². The SMILES string of the molecule is Cc1ccc(OCc2ccc(CNC(C)C)s2)c(Cl)c1. The van der Waals surface area contributed by atoms with Crippen molar-refractivity contribution in [2.24, 2.45) is 0 Å². The van der Waals surface area contributed by atoms with Gasteiger partial charge >= 0.3 is 0 Å². The van der Waals surface area contributed by atoms with Crippen molar-refractivity contribution in [2.45, 2.75) is 40.0 Å². The van der Waals surface area contributed by atoms with Crippen LogP contribution < -0.4 is 10.1 Å². The first kappa shape index (κ1) is 15.4. The lowest BCUT2D eigenvalue weighted by molar-refractivity contribution is 0.310. The molecule has 0 bridgehead atoms. The van der Waals surface area contributed by atoms with E-state index < -0.39 is 0 Å². The molecule has 20 heavy (non-hydrogen) atoms. The van der Waals surface area contributed by atoms with Gasteiger partial charge in [0.05, 0.1) is 5.02 Å². The first-order valence-electron chi connectivity index (χ1n) is 6.74. The fraction of sp³-hybridized carbons (Fsp3) is 0.375. The van der Waals surface area contributed by atoms with E-state index in [2.05, 4.69) is 31.3 Å². The van der Waals surface area contributed by atoms with E-state index in [1.54, 1.807) is 11.3 Å². The van der Waals surface area contributed by atoms with Gasteiger partial charge in [0.15, 0.2) is 0 Å².